The minimum atomic E-state index is 1.34. The van der Waals surface area contributed by atoms with Crippen LogP contribution in [-0.2, 0) is 0 Å². The van der Waals surface area contributed by atoms with Gasteiger partial charge in [0, 0.05) is 0 Å². The summed E-state index contributed by atoms with van der Waals surface area (Å²) in [7, 11) is 0. The van der Waals surface area contributed by atoms with Crippen LogP contribution in [-0.4, -0.2) is 0 Å². The van der Waals surface area contributed by atoms with Crippen LogP contribution in [0.5, 0.6) is 0 Å². The number of hydrogen-bond acceptors (Lipinski definition) is 0. The van der Waals surface area contributed by atoms with Crippen molar-refractivity contribution in [2.75, 3.05) is 0 Å². The van der Waals surface area contributed by atoms with Crippen molar-refractivity contribution < 1.29 is 0 Å². The van der Waals surface area contributed by atoms with Crippen molar-refractivity contribution in [2.45, 2.75) is 41.5 Å². The van der Waals surface area contributed by atoms with Gasteiger partial charge in [0.2, 0.25) is 0 Å². The molecule has 0 N–H and O–H groups in total. The van der Waals surface area contributed by atoms with Gasteiger partial charge in [0.25, 0.3) is 0 Å². The zero-order valence-electron chi connectivity index (χ0n) is 16.5. The van der Waals surface area contributed by atoms with E-state index in [9.17, 15) is 0 Å². The summed E-state index contributed by atoms with van der Waals surface area (Å²) in [6.45, 7) is 13.5. The Hall–Kier alpha value is -2.60. The fourth-order valence-corrected chi connectivity index (χ4v) is 4.93. The van der Waals surface area contributed by atoms with E-state index in [0.29, 0.717) is 0 Å². The molecule has 0 heteroatoms. The molecule has 0 aliphatic rings. The molecule has 0 atom stereocenters. The van der Waals surface area contributed by atoms with E-state index in [0.717, 1.165) is 0 Å². The molecule has 0 nitrogen and oxygen atoms in total. The third-order valence-corrected chi connectivity index (χ3v) is 6.34. The summed E-state index contributed by atoms with van der Waals surface area (Å²) in [5, 5.41) is 11.3. The van der Waals surface area contributed by atoms with Gasteiger partial charge in [-0.2, -0.15) is 0 Å². The van der Waals surface area contributed by atoms with E-state index in [1.54, 1.807) is 0 Å². The van der Waals surface area contributed by atoms with E-state index in [2.05, 4.69) is 77.9 Å². The number of benzene rings is 5. The van der Waals surface area contributed by atoms with E-state index in [1.165, 1.54) is 76.5 Å². The van der Waals surface area contributed by atoms with Crippen LogP contribution >= 0.6 is 0 Å². The second-order valence-electron chi connectivity index (χ2n) is 8.21. The minimum absolute atomic E-state index is 1.34. The lowest BCUT2D eigenvalue weighted by Crippen LogP contribution is -1.95. The highest BCUT2D eigenvalue weighted by atomic mass is 14.2. The third-order valence-electron chi connectivity index (χ3n) is 6.34. The van der Waals surface area contributed by atoms with Crippen molar-refractivity contribution in [3.63, 3.8) is 0 Å². The number of aryl methyl sites for hydroxylation is 6. The Kier molecular flexibility index (Phi) is 2.99. The van der Waals surface area contributed by atoms with Crippen molar-refractivity contribution in [1.82, 2.24) is 0 Å². The largest absolute Gasteiger partial charge is 0.0514 e. The highest BCUT2D eigenvalue weighted by molar-refractivity contribution is 6.34. The second-order valence-corrected chi connectivity index (χ2v) is 8.21. The van der Waals surface area contributed by atoms with Crippen molar-refractivity contribution in [3.8, 4) is 0 Å². The average Bonchev–Trinajstić information content (AvgIpc) is 2.57. The van der Waals surface area contributed by atoms with Gasteiger partial charge < -0.3 is 0 Å². The molecule has 0 aliphatic carbocycles. The molecule has 0 amide bonds. The Labute approximate surface area is 154 Å². The highest BCUT2D eigenvalue weighted by Gasteiger charge is 2.18. The average molecular weight is 336 g/mol. The first-order valence-electron chi connectivity index (χ1n) is 9.46. The van der Waals surface area contributed by atoms with Crippen LogP contribution in [0.25, 0.3) is 43.1 Å². The summed E-state index contributed by atoms with van der Waals surface area (Å²) in [6.07, 6.45) is 0. The van der Waals surface area contributed by atoms with E-state index in [-0.39, 0.29) is 0 Å². The standard InChI is InChI=1S/C26H24/c1-13-7-19-11-15(3)18(6)24-22-10-14(2)8-20-12-16(4)17(5)23(26(20)22)21(9-13)25(19)24/h7-12H,1-6H3. The van der Waals surface area contributed by atoms with Crippen LogP contribution in [0.4, 0.5) is 0 Å². The van der Waals surface area contributed by atoms with Crippen LogP contribution < -0.4 is 0 Å². The lowest BCUT2D eigenvalue weighted by Gasteiger charge is -2.21. The van der Waals surface area contributed by atoms with E-state index in [1.807, 2.05) is 0 Å². The highest BCUT2D eigenvalue weighted by Crippen LogP contribution is 2.44. The quantitative estimate of drug-likeness (QED) is 0.202. The van der Waals surface area contributed by atoms with Gasteiger partial charge in [-0.05, 0) is 118 Å². The molecule has 26 heavy (non-hydrogen) atoms. The maximum Gasteiger partial charge on any atom is -0.00232 e. The summed E-state index contributed by atoms with van der Waals surface area (Å²) in [5.74, 6) is 0. The molecule has 128 valence electrons. The first kappa shape index (κ1) is 15.6. The molecular weight excluding hydrogens is 312 g/mol. The molecule has 0 unspecified atom stereocenters. The number of hydrogen-bond donors (Lipinski definition) is 0. The zero-order valence-corrected chi connectivity index (χ0v) is 16.5. The smallest absolute Gasteiger partial charge is 0.00232 e. The fourth-order valence-electron chi connectivity index (χ4n) is 4.93. The van der Waals surface area contributed by atoms with Gasteiger partial charge >= 0.3 is 0 Å². The molecule has 0 saturated heterocycles. The SMILES string of the molecule is Cc1cc2cc(C)c(C)c3c4cc(C)cc5cc(C)c(C)c(c(c1)c23)c54. The maximum atomic E-state index is 2.39. The lowest BCUT2D eigenvalue weighted by atomic mass is 9.83. The fraction of sp³-hybridized carbons (Fsp3) is 0.231. The normalized spacial score (nSPS) is 12.2. The molecular formula is C26H24. The second kappa shape index (κ2) is 4.98. The van der Waals surface area contributed by atoms with Crippen molar-refractivity contribution >= 4 is 43.1 Å². The van der Waals surface area contributed by atoms with E-state index < -0.39 is 0 Å². The molecule has 0 aromatic heterocycles. The molecule has 0 heterocycles. The summed E-state index contributed by atoms with van der Waals surface area (Å²) < 4.78 is 0. The van der Waals surface area contributed by atoms with Crippen LogP contribution in [0, 0.1) is 41.5 Å². The molecule has 0 spiro atoms. The first-order chi connectivity index (χ1) is 12.4. The molecule has 0 saturated carbocycles. The first-order valence-corrected chi connectivity index (χ1v) is 9.46. The predicted octanol–water partition coefficient (Wildman–Crippen LogP) is 7.59. The number of fused-ring (bicyclic) bond motifs is 2. The Morgan fingerprint density at radius 2 is 0.808 bits per heavy atom. The van der Waals surface area contributed by atoms with Gasteiger partial charge in [-0.1, -0.05) is 36.4 Å². The van der Waals surface area contributed by atoms with E-state index >= 15 is 0 Å². The van der Waals surface area contributed by atoms with Crippen LogP contribution in [0.3, 0.4) is 0 Å². The summed E-state index contributed by atoms with van der Waals surface area (Å²) in [5.41, 5.74) is 8.27. The Balaban J connectivity index is 2.32. The zero-order chi connectivity index (χ0) is 18.3. The Morgan fingerprint density at radius 3 is 1.19 bits per heavy atom. The van der Waals surface area contributed by atoms with Crippen LogP contribution in [0.1, 0.15) is 33.4 Å². The minimum Gasteiger partial charge on any atom is -0.0514 e. The van der Waals surface area contributed by atoms with Gasteiger partial charge in [-0.25, -0.2) is 0 Å². The van der Waals surface area contributed by atoms with Gasteiger partial charge in [-0.3, -0.25) is 0 Å². The van der Waals surface area contributed by atoms with Crippen molar-refractivity contribution in [1.29, 1.82) is 0 Å². The van der Waals surface area contributed by atoms with Gasteiger partial charge in [0.15, 0.2) is 0 Å². The van der Waals surface area contributed by atoms with Gasteiger partial charge in [-0.15, -0.1) is 0 Å². The van der Waals surface area contributed by atoms with E-state index in [4.69, 9.17) is 0 Å². The monoisotopic (exact) mass is 336 g/mol. The predicted molar refractivity (Wildman–Crippen MR) is 116 cm³/mol. The third kappa shape index (κ3) is 1.85. The lowest BCUT2D eigenvalue weighted by molar-refractivity contribution is 1.38. The van der Waals surface area contributed by atoms with Gasteiger partial charge in [0.1, 0.15) is 0 Å². The molecule has 5 aromatic rings. The molecule has 5 aromatic carbocycles. The van der Waals surface area contributed by atoms with Gasteiger partial charge in [0.05, 0.1) is 0 Å². The molecule has 0 radical (unpaired) electrons. The van der Waals surface area contributed by atoms with Crippen LogP contribution in [0.15, 0.2) is 36.4 Å². The Morgan fingerprint density at radius 1 is 0.423 bits per heavy atom. The topological polar surface area (TPSA) is 0 Å². The van der Waals surface area contributed by atoms with Crippen molar-refractivity contribution in [3.05, 3.63) is 69.8 Å². The molecule has 5 rings (SSSR count). The molecule has 0 fully saturated rings. The maximum absolute atomic E-state index is 2.39. The number of rotatable bonds is 0. The molecule has 0 bridgehead atoms. The molecule has 0 aliphatic heterocycles. The summed E-state index contributed by atoms with van der Waals surface area (Å²) >= 11 is 0. The van der Waals surface area contributed by atoms with Crippen LogP contribution in [0.2, 0.25) is 0 Å². The summed E-state index contributed by atoms with van der Waals surface area (Å²) in [4.78, 5) is 0. The summed E-state index contributed by atoms with van der Waals surface area (Å²) in [6, 6.07) is 14.2. The van der Waals surface area contributed by atoms with Crippen molar-refractivity contribution in [2.24, 2.45) is 0 Å². The Bertz CT molecular complexity index is 1260.